The zero-order valence-electron chi connectivity index (χ0n) is 17.2. The van der Waals surface area contributed by atoms with Gasteiger partial charge >= 0.3 is 0 Å². The Morgan fingerprint density at radius 1 is 1.13 bits per heavy atom. The lowest BCUT2D eigenvalue weighted by Gasteiger charge is -2.47. The number of ether oxygens (including phenoxy) is 2. The van der Waals surface area contributed by atoms with Gasteiger partial charge in [0, 0.05) is 26.2 Å². The van der Waals surface area contributed by atoms with E-state index in [1.165, 1.54) is 6.92 Å². The van der Waals surface area contributed by atoms with Crippen LogP contribution in [0.5, 0.6) is 0 Å². The summed E-state index contributed by atoms with van der Waals surface area (Å²) in [5.41, 5.74) is 3.54. The summed E-state index contributed by atoms with van der Waals surface area (Å²) >= 11 is 0. The molecule has 1 fully saturated rings. The van der Waals surface area contributed by atoms with E-state index in [1.807, 2.05) is 0 Å². The van der Waals surface area contributed by atoms with Crippen molar-refractivity contribution in [2.24, 2.45) is 5.73 Å². The van der Waals surface area contributed by atoms with Gasteiger partial charge in [0.1, 0.15) is 42.2 Å². The van der Waals surface area contributed by atoms with Gasteiger partial charge in [-0.25, -0.2) is 0 Å². The van der Waals surface area contributed by atoms with E-state index in [-0.39, 0.29) is 6.54 Å². The maximum absolute atomic E-state index is 12.1. The van der Waals surface area contributed by atoms with Crippen molar-refractivity contribution in [3.8, 4) is 0 Å². The minimum absolute atomic E-state index is 0.0973. The molecule has 0 spiro atoms. The first-order valence-electron chi connectivity index (χ1n) is 9.86. The van der Waals surface area contributed by atoms with Crippen LogP contribution < -0.4 is 16.4 Å². The average molecular weight is 457 g/mol. The van der Waals surface area contributed by atoms with Crippen molar-refractivity contribution in [1.82, 2.24) is 10.6 Å². The summed E-state index contributed by atoms with van der Waals surface area (Å²) < 4.78 is 10.6. The lowest BCUT2D eigenvalue weighted by atomic mass is 9.89. The Kier molecular flexibility index (Phi) is 11.6. The minimum atomic E-state index is -2.10. The Morgan fingerprint density at radius 3 is 2.32 bits per heavy atom. The number of aliphatic hydroxyl groups excluding tert-OH is 8. The highest BCUT2D eigenvalue weighted by Gasteiger charge is 2.52. The highest BCUT2D eigenvalue weighted by molar-refractivity contribution is 5.81. The van der Waals surface area contributed by atoms with Gasteiger partial charge in [-0.1, -0.05) is 0 Å². The van der Waals surface area contributed by atoms with Gasteiger partial charge in [0.25, 0.3) is 5.91 Å². The Labute approximate surface area is 179 Å². The van der Waals surface area contributed by atoms with Crippen LogP contribution in [-0.2, 0) is 14.3 Å². The number of carbonyl (C=O) groups is 1. The third kappa shape index (κ3) is 7.24. The number of nitrogens with two attached hydrogens (primary N) is 1. The van der Waals surface area contributed by atoms with E-state index in [9.17, 15) is 45.6 Å². The van der Waals surface area contributed by atoms with Gasteiger partial charge in [0.15, 0.2) is 12.4 Å². The molecule has 0 saturated carbocycles. The standard InChI is InChI=1S/C17H35N3O11/c1-17(7-22)14(28)10(25)12(27)16(31-17)30-13(8(23)6-21)9(24)11(26)15(29)20-5-4-19-3-2-18/h8-14,16,19,21-28H,2-7,18H2,1H3,(H,20,29). The molecule has 0 aromatic heterocycles. The number of hydrogen-bond donors (Lipinski definition) is 11. The molecule has 1 aliphatic rings. The Bertz CT molecular complexity index is 545. The van der Waals surface area contributed by atoms with Crippen LogP contribution >= 0.6 is 0 Å². The SMILES string of the molecule is CC1(CO)OC(OC(C(O)CO)C(O)C(O)C(=O)NCCNCCN)C(O)C(O)C1O. The Balaban J connectivity index is 2.86. The smallest absolute Gasteiger partial charge is 0.251 e. The molecule has 184 valence electrons. The number of nitrogens with one attached hydrogen (secondary N) is 2. The molecule has 1 amide bonds. The first-order chi connectivity index (χ1) is 14.5. The van der Waals surface area contributed by atoms with Crippen LogP contribution in [0.3, 0.4) is 0 Å². The van der Waals surface area contributed by atoms with Crippen LogP contribution in [0.4, 0.5) is 0 Å². The van der Waals surface area contributed by atoms with E-state index >= 15 is 0 Å². The molecule has 1 saturated heterocycles. The van der Waals surface area contributed by atoms with Crippen LogP contribution in [-0.4, -0.2) is 141 Å². The van der Waals surface area contributed by atoms with Gasteiger partial charge in [-0.15, -0.1) is 0 Å². The van der Waals surface area contributed by atoms with E-state index in [0.717, 1.165) is 0 Å². The van der Waals surface area contributed by atoms with Crippen LogP contribution in [0.1, 0.15) is 6.92 Å². The van der Waals surface area contributed by atoms with Crippen molar-refractivity contribution >= 4 is 5.91 Å². The van der Waals surface area contributed by atoms with Gasteiger partial charge in [-0.2, -0.15) is 0 Å². The highest BCUT2D eigenvalue weighted by Crippen LogP contribution is 2.31. The number of carbonyl (C=O) groups excluding carboxylic acids is 1. The number of rotatable bonds is 13. The van der Waals surface area contributed by atoms with Crippen molar-refractivity contribution in [2.45, 2.75) is 61.5 Å². The molecule has 0 aromatic carbocycles. The normalized spacial score (nSPS) is 32.8. The molecule has 9 atom stereocenters. The lowest BCUT2D eigenvalue weighted by Crippen LogP contribution is -2.66. The molecule has 9 unspecified atom stereocenters. The van der Waals surface area contributed by atoms with Crippen molar-refractivity contribution in [1.29, 1.82) is 0 Å². The zero-order valence-corrected chi connectivity index (χ0v) is 17.2. The summed E-state index contributed by atoms with van der Waals surface area (Å²) in [7, 11) is 0. The Hall–Kier alpha value is -1.01. The molecule has 12 N–H and O–H groups in total. The van der Waals surface area contributed by atoms with Gasteiger partial charge in [0.2, 0.25) is 0 Å². The van der Waals surface area contributed by atoms with E-state index in [0.29, 0.717) is 19.6 Å². The summed E-state index contributed by atoms with van der Waals surface area (Å²) in [4.78, 5) is 12.1. The van der Waals surface area contributed by atoms with Crippen molar-refractivity contribution in [2.75, 3.05) is 39.4 Å². The highest BCUT2D eigenvalue weighted by atomic mass is 16.7. The van der Waals surface area contributed by atoms with Gasteiger partial charge in [-0.3, -0.25) is 4.79 Å². The molecule has 31 heavy (non-hydrogen) atoms. The van der Waals surface area contributed by atoms with Gasteiger partial charge in [0.05, 0.1) is 13.2 Å². The van der Waals surface area contributed by atoms with Crippen LogP contribution in [0.25, 0.3) is 0 Å². The van der Waals surface area contributed by atoms with E-state index in [2.05, 4.69) is 10.6 Å². The first kappa shape index (κ1) is 28.0. The lowest BCUT2D eigenvalue weighted by molar-refractivity contribution is -0.353. The van der Waals surface area contributed by atoms with Gasteiger partial charge < -0.3 is 66.7 Å². The first-order valence-corrected chi connectivity index (χ1v) is 9.86. The third-order valence-electron chi connectivity index (χ3n) is 4.99. The molecule has 1 aliphatic heterocycles. The molecule has 1 rings (SSSR count). The summed E-state index contributed by atoms with van der Waals surface area (Å²) in [6.45, 7) is 0.826. The topological polar surface area (TPSA) is 247 Å². The number of aliphatic hydroxyl groups is 8. The molecule has 0 aromatic rings. The molecule has 1 heterocycles. The molecular formula is C17H35N3O11. The molecule has 0 bridgehead atoms. The summed E-state index contributed by atoms with van der Waals surface area (Å²) in [6, 6.07) is 0. The van der Waals surface area contributed by atoms with Crippen molar-refractivity contribution < 1.29 is 55.1 Å². The van der Waals surface area contributed by atoms with E-state index in [4.69, 9.17) is 15.2 Å². The maximum Gasteiger partial charge on any atom is 0.251 e. The average Bonchev–Trinajstić information content (AvgIpc) is 2.77. The van der Waals surface area contributed by atoms with Crippen molar-refractivity contribution in [3.05, 3.63) is 0 Å². The summed E-state index contributed by atoms with van der Waals surface area (Å²) in [6.07, 6.45) is -15.1. The Morgan fingerprint density at radius 2 is 1.77 bits per heavy atom. The molecule has 0 aliphatic carbocycles. The van der Waals surface area contributed by atoms with Crippen LogP contribution in [0.15, 0.2) is 0 Å². The van der Waals surface area contributed by atoms with E-state index in [1.54, 1.807) is 0 Å². The van der Waals surface area contributed by atoms with Crippen LogP contribution in [0.2, 0.25) is 0 Å². The maximum atomic E-state index is 12.1. The predicted molar refractivity (Wildman–Crippen MR) is 103 cm³/mol. The minimum Gasteiger partial charge on any atom is -0.394 e. The van der Waals surface area contributed by atoms with Crippen molar-refractivity contribution in [3.63, 3.8) is 0 Å². The van der Waals surface area contributed by atoms with Gasteiger partial charge in [-0.05, 0) is 6.92 Å². The molecule has 14 nitrogen and oxygen atoms in total. The molecule has 14 heteroatoms. The quantitative estimate of drug-likeness (QED) is 0.115. The monoisotopic (exact) mass is 457 g/mol. The summed E-state index contributed by atoms with van der Waals surface area (Å²) in [5, 5.41) is 84.6. The fourth-order valence-electron chi connectivity index (χ4n) is 2.95. The number of amides is 1. The molecule has 0 radical (unpaired) electrons. The fourth-order valence-corrected chi connectivity index (χ4v) is 2.95. The summed E-state index contributed by atoms with van der Waals surface area (Å²) in [5.74, 6) is -0.999. The van der Waals surface area contributed by atoms with E-state index < -0.39 is 73.7 Å². The predicted octanol–water partition coefficient (Wildman–Crippen LogP) is -6.70. The molecular weight excluding hydrogens is 422 g/mol. The fraction of sp³-hybridized carbons (Fsp3) is 0.941. The second-order valence-electron chi connectivity index (χ2n) is 7.50. The zero-order chi connectivity index (χ0) is 23.8. The second kappa shape index (κ2) is 12.9. The second-order valence-corrected chi connectivity index (χ2v) is 7.50. The third-order valence-corrected chi connectivity index (χ3v) is 4.99. The number of hydrogen-bond acceptors (Lipinski definition) is 13. The van der Waals surface area contributed by atoms with Crippen LogP contribution in [0, 0.1) is 0 Å². The largest absolute Gasteiger partial charge is 0.394 e.